The summed E-state index contributed by atoms with van der Waals surface area (Å²) in [7, 11) is 0. The Kier molecular flexibility index (Phi) is 7.70. The fraction of sp³-hybridized carbons (Fsp3) is 0.364. The molecule has 0 aliphatic carbocycles. The molecule has 0 radical (unpaired) electrons. The van der Waals surface area contributed by atoms with Crippen molar-refractivity contribution >= 4 is 17.3 Å². The zero-order valence-corrected chi connectivity index (χ0v) is 16.9. The molecule has 6 heteroatoms. The summed E-state index contributed by atoms with van der Waals surface area (Å²) in [5.74, 6) is 0.615. The first kappa shape index (κ1) is 21.1. The lowest BCUT2D eigenvalue weighted by Gasteiger charge is -2.27. The van der Waals surface area contributed by atoms with Gasteiger partial charge >= 0.3 is 0 Å². The van der Waals surface area contributed by atoms with Gasteiger partial charge in [0.2, 0.25) is 0 Å². The highest BCUT2D eigenvalue weighted by Gasteiger charge is 2.11. The topological polar surface area (TPSA) is 74.6 Å². The normalized spacial score (nSPS) is 10.3. The maximum atomic E-state index is 12.2. The molecule has 0 heterocycles. The third-order valence-corrected chi connectivity index (χ3v) is 4.18. The van der Waals surface area contributed by atoms with Gasteiger partial charge in [0.25, 0.3) is 5.91 Å². The van der Waals surface area contributed by atoms with E-state index in [4.69, 9.17) is 14.7 Å². The molecule has 6 nitrogen and oxygen atoms in total. The maximum Gasteiger partial charge on any atom is 0.262 e. The van der Waals surface area contributed by atoms with E-state index >= 15 is 0 Å². The molecule has 0 unspecified atom stereocenters. The van der Waals surface area contributed by atoms with Gasteiger partial charge in [-0.1, -0.05) is 0 Å². The van der Waals surface area contributed by atoms with E-state index in [9.17, 15) is 4.79 Å². The number of anilines is 2. The molecule has 28 heavy (non-hydrogen) atoms. The number of ether oxygens (including phenoxy) is 2. The minimum absolute atomic E-state index is 0.152. The molecule has 2 rings (SSSR count). The predicted molar refractivity (Wildman–Crippen MR) is 111 cm³/mol. The van der Waals surface area contributed by atoms with E-state index < -0.39 is 0 Å². The van der Waals surface area contributed by atoms with Crippen molar-refractivity contribution < 1.29 is 14.3 Å². The zero-order valence-electron chi connectivity index (χ0n) is 16.9. The molecule has 0 spiro atoms. The molecule has 0 fully saturated rings. The number of carbonyl (C=O) groups is 1. The fourth-order valence-electron chi connectivity index (χ4n) is 2.89. The Labute approximate surface area is 166 Å². The highest BCUT2D eigenvalue weighted by atomic mass is 16.5. The van der Waals surface area contributed by atoms with Gasteiger partial charge in [0.1, 0.15) is 0 Å². The van der Waals surface area contributed by atoms with Gasteiger partial charge in [0.15, 0.2) is 18.1 Å². The summed E-state index contributed by atoms with van der Waals surface area (Å²) in [6.07, 6.45) is 0. The van der Waals surface area contributed by atoms with Gasteiger partial charge in [-0.25, -0.2) is 0 Å². The first-order valence-corrected chi connectivity index (χ1v) is 9.44. The van der Waals surface area contributed by atoms with E-state index in [1.807, 2.05) is 31.2 Å². The molecule has 0 bridgehead atoms. The van der Waals surface area contributed by atoms with E-state index in [-0.39, 0.29) is 12.5 Å². The molecule has 148 valence electrons. The largest absolute Gasteiger partial charge is 0.490 e. The van der Waals surface area contributed by atoms with Crippen molar-refractivity contribution in [3.63, 3.8) is 0 Å². The van der Waals surface area contributed by atoms with Crippen LogP contribution in [0, 0.1) is 11.3 Å². The van der Waals surface area contributed by atoms with Crippen LogP contribution < -0.4 is 19.7 Å². The molecule has 0 aliphatic heterocycles. The number of carbonyl (C=O) groups excluding carboxylic acids is 1. The molecule has 0 aliphatic rings. The van der Waals surface area contributed by atoms with Crippen LogP contribution in [0.2, 0.25) is 0 Å². The summed E-state index contributed by atoms with van der Waals surface area (Å²) in [6, 6.07) is 15.1. The van der Waals surface area contributed by atoms with Gasteiger partial charge in [0, 0.05) is 30.0 Å². The summed E-state index contributed by atoms with van der Waals surface area (Å²) in [6.45, 7) is 9.47. The second-order valence-electron chi connectivity index (χ2n) is 6.47. The Balaban J connectivity index is 1.97. The van der Waals surface area contributed by atoms with Crippen molar-refractivity contribution in [1.82, 2.24) is 0 Å². The van der Waals surface area contributed by atoms with Crippen LogP contribution in [0.25, 0.3) is 0 Å². The maximum absolute atomic E-state index is 12.2. The van der Waals surface area contributed by atoms with Gasteiger partial charge in [-0.2, -0.15) is 5.26 Å². The molecule has 1 N–H and O–H groups in total. The van der Waals surface area contributed by atoms with Crippen molar-refractivity contribution in [2.45, 2.75) is 33.7 Å². The fourth-order valence-corrected chi connectivity index (χ4v) is 2.89. The van der Waals surface area contributed by atoms with Crippen LogP contribution in [0.5, 0.6) is 11.5 Å². The van der Waals surface area contributed by atoms with Gasteiger partial charge in [0.05, 0.1) is 18.2 Å². The standard InChI is InChI=1S/C22H27N3O3/c1-5-25(16(3)4)19-10-8-18(9-11-19)24-22(26)15-28-20-12-7-17(14-23)13-21(20)27-6-2/h7-13,16H,5-6,15H2,1-4H3,(H,24,26). The van der Waals surface area contributed by atoms with Crippen LogP contribution in [-0.2, 0) is 4.79 Å². The lowest BCUT2D eigenvalue weighted by atomic mass is 10.2. The van der Waals surface area contributed by atoms with Crippen LogP contribution >= 0.6 is 0 Å². The van der Waals surface area contributed by atoms with Crippen LogP contribution in [-0.4, -0.2) is 31.7 Å². The smallest absolute Gasteiger partial charge is 0.262 e. The molecular formula is C22H27N3O3. The number of rotatable bonds is 9. The minimum Gasteiger partial charge on any atom is -0.490 e. The molecule has 0 saturated heterocycles. The third kappa shape index (κ3) is 5.65. The number of nitrogens with zero attached hydrogens (tertiary/aromatic N) is 2. The number of hydrogen-bond acceptors (Lipinski definition) is 5. The Hall–Kier alpha value is -3.20. The third-order valence-electron chi connectivity index (χ3n) is 4.18. The molecule has 2 aromatic carbocycles. The molecular weight excluding hydrogens is 354 g/mol. The molecule has 0 atom stereocenters. The number of benzene rings is 2. The van der Waals surface area contributed by atoms with Crippen LogP contribution in [0.15, 0.2) is 42.5 Å². The van der Waals surface area contributed by atoms with Crippen LogP contribution in [0.4, 0.5) is 11.4 Å². The predicted octanol–water partition coefficient (Wildman–Crippen LogP) is 4.21. The van der Waals surface area contributed by atoms with Crippen molar-refractivity contribution in [3.05, 3.63) is 48.0 Å². The van der Waals surface area contributed by atoms with Gasteiger partial charge in [-0.3, -0.25) is 4.79 Å². The van der Waals surface area contributed by atoms with E-state index in [1.54, 1.807) is 18.2 Å². The van der Waals surface area contributed by atoms with Gasteiger partial charge in [-0.05, 0) is 64.1 Å². The van der Waals surface area contributed by atoms with Crippen molar-refractivity contribution in [1.29, 1.82) is 5.26 Å². The monoisotopic (exact) mass is 381 g/mol. The summed E-state index contributed by atoms with van der Waals surface area (Å²) in [5.41, 5.74) is 2.30. The van der Waals surface area contributed by atoms with Crippen molar-refractivity contribution in [2.24, 2.45) is 0 Å². The van der Waals surface area contributed by atoms with E-state index in [2.05, 4.69) is 37.1 Å². The zero-order chi connectivity index (χ0) is 20.5. The van der Waals surface area contributed by atoms with Crippen molar-refractivity contribution in [2.75, 3.05) is 30.0 Å². The highest BCUT2D eigenvalue weighted by Crippen LogP contribution is 2.28. The van der Waals surface area contributed by atoms with Crippen molar-refractivity contribution in [3.8, 4) is 17.6 Å². The average Bonchev–Trinajstić information content (AvgIpc) is 2.68. The summed E-state index contributed by atoms with van der Waals surface area (Å²) >= 11 is 0. The number of nitriles is 1. The second kappa shape index (κ2) is 10.2. The van der Waals surface area contributed by atoms with Crippen LogP contribution in [0.1, 0.15) is 33.3 Å². The minimum atomic E-state index is -0.268. The first-order chi connectivity index (χ1) is 13.5. The van der Waals surface area contributed by atoms with Crippen LogP contribution in [0.3, 0.4) is 0 Å². The van der Waals surface area contributed by atoms with E-state index in [1.165, 1.54) is 0 Å². The lowest BCUT2D eigenvalue weighted by molar-refractivity contribution is -0.118. The molecule has 2 aromatic rings. The lowest BCUT2D eigenvalue weighted by Crippen LogP contribution is -2.30. The Morgan fingerprint density at radius 2 is 1.82 bits per heavy atom. The SMILES string of the molecule is CCOc1cc(C#N)ccc1OCC(=O)Nc1ccc(N(CC)C(C)C)cc1. The summed E-state index contributed by atoms with van der Waals surface area (Å²) in [5, 5.41) is 11.8. The average molecular weight is 381 g/mol. The quantitative estimate of drug-likeness (QED) is 0.704. The molecule has 0 aromatic heterocycles. The number of amides is 1. The highest BCUT2D eigenvalue weighted by molar-refractivity contribution is 5.92. The molecule has 1 amide bonds. The second-order valence-corrected chi connectivity index (χ2v) is 6.47. The Bertz CT molecular complexity index is 826. The molecule has 0 saturated carbocycles. The Morgan fingerprint density at radius 3 is 2.39 bits per heavy atom. The van der Waals surface area contributed by atoms with E-state index in [0.29, 0.717) is 35.4 Å². The van der Waals surface area contributed by atoms with Gasteiger partial charge < -0.3 is 19.7 Å². The number of nitrogens with one attached hydrogen (secondary N) is 1. The Morgan fingerprint density at radius 1 is 1.11 bits per heavy atom. The van der Waals surface area contributed by atoms with E-state index in [0.717, 1.165) is 12.2 Å². The first-order valence-electron chi connectivity index (χ1n) is 9.44. The van der Waals surface area contributed by atoms with Gasteiger partial charge in [-0.15, -0.1) is 0 Å². The summed E-state index contributed by atoms with van der Waals surface area (Å²) in [4.78, 5) is 14.5. The summed E-state index contributed by atoms with van der Waals surface area (Å²) < 4.78 is 11.1. The number of hydrogen-bond donors (Lipinski definition) is 1.